The fourth-order valence-electron chi connectivity index (χ4n) is 1.56. The van der Waals surface area contributed by atoms with Gasteiger partial charge in [0.25, 0.3) is 0 Å². The second kappa shape index (κ2) is 7.11. The summed E-state index contributed by atoms with van der Waals surface area (Å²) >= 11 is 5.77. The van der Waals surface area contributed by atoms with Gasteiger partial charge in [-0.1, -0.05) is 18.5 Å². The van der Waals surface area contributed by atoms with E-state index in [2.05, 4.69) is 0 Å². The maximum Gasteiger partial charge on any atom is 0.323 e. The van der Waals surface area contributed by atoms with E-state index < -0.39 is 12.5 Å². The van der Waals surface area contributed by atoms with Crippen LogP contribution < -0.4 is 10.6 Å². The molecule has 3 N–H and O–H groups in total. The Morgan fingerprint density at radius 3 is 2.42 bits per heavy atom. The van der Waals surface area contributed by atoms with Crippen molar-refractivity contribution in [1.82, 2.24) is 0 Å². The van der Waals surface area contributed by atoms with E-state index in [0.717, 1.165) is 0 Å². The average Bonchev–Trinajstić information content (AvgIpc) is 2.36. The van der Waals surface area contributed by atoms with Crippen LogP contribution in [0.25, 0.3) is 0 Å². The molecule has 0 heterocycles. The maximum atomic E-state index is 12.1. The molecule has 1 amide bonds. The zero-order chi connectivity index (χ0) is 14.4. The Labute approximate surface area is 117 Å². The predicted octanol–water partition coefficient (Wildman–Crippen LogP) is 1.88. The number of aliphatic carboxylic acids is 1. The van der Waals surface area contributed by atoms with Gasteiger partial charge >= 0.3 is 5.97 Å². The van der Waals surface area contributed by atoms with Crippen LogP contribution in [0.1, 0.15) is 19.8 Å². The molecule has 6 heteroatoms. The summed E-state index contributed by atoms with van der Waals surface area (Å²) in [6.07, 6.45) is 0.777. The van der Waals surface area contributed by atoms with Crippen molar-refractivity contribution in [2.75, 3.05) is 11.4 Å². The standard InChI is InChI=1S/C13H17ClN2O3/c1-2-10(15)7-12(17)16(8-13(18)19)11-5-3-9(14)4-6-11/h3-6,10H,2,7-8,15H2,1H3,(H,18,19). The summed E-state index contributed by atoms with van der Waals surface area (Å²) in [6.45, 7) is 1.48. The van der Waals surface area contributed by atoms with Gasteiger partial charge in [-0.15, -0.1) is 0 Å². The Hall–Kier alpha value is -1.59. The lowest BCUT2D eigenvalue weighted by molar-refractivity contribution is -0.136. The van der Waals surface area contributed by atoms with E-state index in [4.69, 9.17) is 22.4 Å². The van der Waals surface area contributed by atoms with Crippen LogP contribution in [-0.2, 0) is 9.59 Å². The SMILES string of the molecule is CCC(N)CC(=O)N(CC(=O)O)c1ccc(Cl)cc1. The van der Waals surface area contributed by atoms with E-state index in [1.807, 2.05) is 6.92 Å². The van der Waals surface area contributed by atoms with Crippen molar-refractivity contribution in [2.45, 2.75) is 25.8 Å². The molecule has 0 saturated carbocycles. The molecule has 1 atom stereocenters. The lowest BCUT2D eigenvalue weighted by atomic mass is 10.1. The number of carbonyl (C=O) groups excluding carboxylic acids is 1. The first-order valence-corrected chi connectivity index (χ1v) is 6.35. The Balaban J connectivity index is 2.91. The molecule has 0 aliphatic rings. The normalized spacial score (nSPS) is 11.9. The van der Waals surface area contributed by atoms with Crippen LogP contribution in [-0.4, -0.2) is 29.6 Å². The van der Waals surface area contributed by atoms with E-state index in [1.54, 1.807) is 24.3 Å². The van der Waals surface area contributed by atoms with Crippen molar-refractivity contribution < 1.29 is 14.7 Å². The first kappa shape index (κ1) is 15.5. The van der Waals surface area contributed by atoms with Gasteiger partial charge < -0.3 is 15.7 Å². The molecule has 19 heavy (non-hydrogen) atoms. The van der Waals surface area contributed by atoms with E-state index in [0.29, 0.717) is 17.1 Å². The Bertz CT molecular complexity index is 448. The lowest BCUT2D eigenvalue weighted by Crippen LogP contribution is -2.39. The number of carboxylic acid groups (broad SMARTS) is 1. The smallest absolute Gasteiger partial charge is 0.323 e. The summed E-state index contributed by atoms with van der Waals surface area (Å²) in [6, 6.07) is 6.18. The van der Waals surface area contributed by atoms with Crippen LogP contribution in [0.15, 0.2) is 24.3 Å². The van der Waals surface area contributed by atoms with Crippen molar-refractivity contribution in [3.05, 3.63) is 29.3 Å². The number of hydrogen-bond donors (Lipinski definition) is 2. The third-order valence-corrected chi connectivity index (χ3v) is 2.95. The van der Waals surface area contributed by atoms with Gasteiger partial charge in [-0.05, 0) is 30.7 Å². The highest BCUT2D eigenvalue weighted by Crippen LogP contribution is 2.19. The van der Waals surface area contributed by atoms with E-state index in [1.165, 1.54) is 4.90 Å². The highest BCUT2D eigenvalue weighted by molar-refractivity contribution is 6.30. The topological polar surface area (TPSA) is 83.6 Å². The van der Waals surface area contributed by atoms with Gasteiger partial charge in [0.2, 0.25) is 5.91 Å². The van der Waals surface area contributed by atoms with Gasteiger partial charge in [-0.2, -0.15) is 0 Å². The fourth-order valence-corrected chi connectivity index (χ4v) is 1.68. The van der Waals surface area contributed by atoms with Crippen LogP contribution in [0.4, 0.5) is 5.69 Å². The number of anilines is 1. The van der Waals surface area contributed by atoms with Gasteiger partial charge in [-0.25, -0.2) is 0 Å². The van der Waals surface area contributed by atoms with Crippen LogP contribution >= 0.6 is 11.6 Å². The third-order valence-electron chi connectivity index (χ3n) is 2.69. The van der Waals surface area contributed by atoms with Crippen molar-refractivity contribution in [1.29, 1.82) is 0 Å². The minimum absolute atomic E-state index is 0.117. The van der Waals surface area contributed by atoms with Crippen LogP contribution in [0.5, 0.6) is 0 Å². The molecule has 1 unspecified atom stereocenters. The van der Waals surface area contributed by atoms with Gasteiger partial charge in [-0.3, -0.25) is 9.59 Å². The molecule has 0 radical (unpaired) electrons. The van der Waals surface area contributed by atoms with Crippen molar-refractivity contribution >= 4 is 29.2 Å². The summed E-state index contributed by atoms with van der Waals surface area (Å²) in [5.74, 6) is -1.38. The molecule has 1 rings (SSSR count). The van der Waals surface area contributed by atoms with Crippen molar-refractivity contribution in [3.8, 4) is 0 Å². The molecule has 0 aromatic heterocycles. The quantitative estimate of drug-likeness (QED) is 0.835. The fraction of sp³-hybridized carbons (Fsp3) is 0.385. The molecule has 0 bridgehead atoms. The highest BCUT2D eigenvalue weighted by Gasteiger charge is 2.20. The van der Waals surface area contributed by atoms with Crippen molar-refractivity contribution in [3.63, 3.8) is 0 Å². The second-order valence-corrected chi connectivity index (χ2v) is 4.66. The van der Waals surface area contributed by atoms with Crippen LogP contribution in [0, 0.1) is 0 Å². The first-order chi connectivity index (χ1) is 8.93. The molecular weight excluding hydrogens is 268 g/mol. The number of rotatable bonds is 6. The Morgan fingerprint density at radius 2 is 1.95 bits per heavy atom. The summed E-state index contributed by atoms with van der Waals surface area (Å²) < 4.78 is 0. The third kappa shape index (κ3) is 4.89. The number of carbonyl (C=O) groups is 2. The minimum Gasteiger partial charge on any atom is -0.480 e. The molecule has 0 aliphatic heterocycles. The first-order valence-electron chi connectivity index (χ1n) is 5.97. The molecule has 0 spiro atoms. The largest absolute Gasteiger partial charge is 0.480 e. The van der Waals surface area contributed by atoms with Gasteiger partial charge in [0.1, 0.15) is 6.54 Å². The lowest BCUT2D eigenvalue weighted by Gasteiger charge is -2.22. The number of amides is 1. The molecule has 0 fully saturated rings. The van der Waals surface area contributed by atoms with Crippen LogP contribution in [0.3, 0.4) is 0 Å². The molecule has 1 aromatic rings. The van der Waals surface area contributed by atoms with Gasteiger partial charge in [0, 0.05) is 23.2 Å². The van der Waals surface area contributed by atoms with Crippen LogP contribution in [0.2, 0.25) is 5.02 Å². The van der Waals surface area contributed by atoms with Gasteiger partial charge in [0.15, 0.2) is 0 Å². The Morgan fingerprint density at radius 1 is 1.37 bits per heavy atom. The van der Waals surface area contributed by atoms with E-state index in [9.17, 15) is 9.59 Å². The summed E-state index contributed by atoms with van der Waals surface area (Å²) in [5.41, 5.74) is 6.23. The maximum absolute atomic E-state index is 12.1. The molecule has 5 nitrogen and oxygen atoms in total. The number of halogens is 1. The Kier molecular flexibility index (Phi) is 5.79. The van der Waals surface area contributed by atoms with Gasteiger partial charge in [0.05, 0.1) is 0 Å². The number of benzene rings is 1. The number of hydrogen-bond acceptors (Lipinski definition) is 3. The zero-order valence-corrected chi connectivity index (χ0v) is 11.4. The minimum atomic E-state index is -1.08. The molecule has 1 aromatic carbocycles. The zero-order valence-electron chi connectivity index (χ0n) is 10.7. The monoisotopic (exact) mass is 284 g/mol. The average molecular weight is 285 g/mol. The molecular formula is C13H17ClN2O3. The summed E-state index contributed by atoms with van der Waals surface area (Å²) in [5, 5.41) is 9.41. The summed E-state index contributed by atoms with van der Waals surface area (Å²) in [7, 11) is 0. The molecule has 0 aliphatic carbocycles. The number of nitrogens with two attached hydrogens (primary N) is 1. The summed E-state index contributed by atoms with van der Waals surface area (Å²) in [4.78, 5) is 24.1. The number of carboxylic acids is 1. The highest BCUT2D eigenvalue weighted by atomic mass is 35.5. The van der Waals surface area contributed by atoms with E-state index in [-0.39, 0.29) is 18.4 Å². The second-order valence-electron chi connectivity index (χ2n) is 4.22. The van der Waals surface area contributed by atoms with E-state index >= 15 is 0 Å². The molecule has 0 saturated heterocycles. The van der Waals surface area contributed by atoms with Crippen molar-refractivity contribution in [2.24, 2.45) is 5.73 Å². The predicted molar refractivity (Wildman–Crippen MR) is 74.3 cm³/mol. The number of nitrogens with zero attached hydrogens (tertiary/aromatic N) is 1. The molecule has 104 valence electrons.